The van der Waals surface area contributed by atoms with Crippen molar-refractivity contribution in [1.29, 1.82) is 0 Å². The molecule has 2 N–H and O–H groups in total. The van der Waals surface area contributed by atoms with Crippen molar-refractivity contribution in [3.05, 3.63) is 36.4 Å². The lowest BCUT2D eigenvalue weighted by Gasteiger charge is -2.16. The van der Waals surface area contributed by atoms with E-state index in [1.54, 1.807) is 18.5 Å². The quantitative estimate of drug-likeness (QED) is 0.815. The van der Waals surface area contributed by atoms with Crippen LogP contribution in [0.25, 0.3) is 0 Å². The topological polar surface area (TPSA) is 68.2 Å². The van der Waals surface area contributed by atoms with E-state index < -0.39 is 0 Å². The van der Waals surface area contributed by atoms with Gasteiger partial charge in [0.05, 0.1) is 12.8 Å². The summed E-state index contributed by atoms with van der Waals surface area (Å²) in [7, 11) is 1.92. The van der Waals surface area contributed by atoms with Gasteiger partial charge in [-0.2, -0.15) is 4.98 Å². The number of hydrogen-bond acceptors (Lipinski definition) is 5. The number of anilines is 2. The van der Waals surface area contributed by atoms with Gasteiger partial charge in [-0.1, -0.05) is 0 Å². The molecular weight excluding hydrogens is 192 g/mol. The van der Waals surface area contributed by atoms with Gasteiger partial charge in [0, 0.05) is 13.2 Å². The van der Waals surface area contributed by atoms with Crippen molar-refractivity contribution in [2.45, 2.75) is 6.54 Å². The van der Waals surface area contributed by atoms with Crippen molar-refractivity contribution in [3.63, 3.8) is 0 Å². The van der Waals surface area contributed by atoms with Gasteiger partial charge >= 0.3 is 0 Å². The third-order valence-electron chi connectivity index (χ3n) is 2.02. The number of aromatic nitrogens is 2. The monoisotopic (exact) mass is 204 g/mol. The summed E-state index contributed by atoms with van der Waals surface area (Å²) < 4.78 is 5.24. The fourth-order valence-corrected chi connectivity index (χ4v) is 1.29. The minimum absolute atomic E-state index is 0.277. The van der Waals surface area contributed by atoms with Crippen LogP contribution in [-0.2, 0) is 6.54 Å². The molecule has 2 aromatic rings. The van der Waals surface area contributed by atoms with Gasteiger partial charge in [0.2, 0.25) is 5.95 Å². The van der Waals surface area contributed by atoms with Gasteiger partial charge in [-0.15, -0.1) is 0 Å². The number of nitrogens with two attached hydrogens (primary N) is 1. The molecule has 2 aromatic heterocycles. The minimum atomic E-state index is 0.277. The molecule has 0 amide bonds. The van der Waals surface area contributed by atoms with Crippen LogP contribution in [-0.4, -0.2) is 17.0 Å². The molecule has 78 valence electrons. The smallest absolute Gasteiger partial charge is 0.221 e. The minimum Gasteiger partial charge on any atom is -0.467 e. The highest BCUT2D eigenvalue weighted by atomic mass is 16.3. The lowest BCUT2D eigenvalue weighted by molar-refractivity contribution is 0.507. The van der Waals surface area contributed by atoms with Crippen LogP contribution in [0.15, 0.2) is 35.1 Å². The van der Waals surface area contributed by atoms with E-state index in [9.17, 15) is 0 Å². The van der Waals surface area contributed by atoms with Crippen molar-refractivity contribution in [2.75, 3.05) is 17.7 Å². The third-order valence-corrected chi connectivity index (χ3v) is 2.02. The van der Waals surface area contributed by atoms with Gasteiger partial charge in [0.1, 0.15) is 11.6 Å². The van der Waals surface area contributed by atoms with Crippen molar-refractivity contribution in [3.8, 4) is 0 Å². The summed E-state index contributed by atoms with van der Waals surface area (Å²) in [6.07, 6.45) is 3.29. The maximum Gasteiger partial charge on any atom is 0.221 e. The summed E-state index contributed by atoms with van der Waals surface area (Å²) >= 11 is 0. The highest BCUT2D eigenvalue weighted by Gasteiger charge is 2.05. The average Bonchev–Trinajstić information content (AvgIpc) is 2.70. The van der Waals surface area contributed by atoms with Gasteiger partial charge < -0.3 is 15.1 Å². The van der Waals surface area contributed by atoms with E-state index >= 15 is 0 Å². The molecule has 0 aliphatic carbocycles. The average molecular weight is 204 g/mol. The zero-order chi connectivity index (χ0) is 10.7. The standard InChI is InChI=1S/C10H12N4O/c1-14(7-8-3-2-6-15-8)9-4-5-12-10(11)13-9/h2-6H,7H2,1H3,(H2,11,12,13). The van der Waals surface area contributed by atoms with Crippen LogP contribution in [0.1, 0.15) is 5.76 Å². The predicted octanol–water partition coefficient (Wildman–Crippen LogP) is 1.29. The summed E-state index contributed by atoms with van der Waals surface area (Å²) in [4.78, 5) is 9.88. The summed E-state index contributed by atoms with van der Waals surface area (Å²) in [5.41, 5.74) is 5.50. The largest absolute Gasteiger partial charge is 0.467 e. The van der Waals surface area contributed by atoms with Crippen LogP contribution in [0.4, 0.5) is 11.8 Å². The summed E-state index contributed by atoms with van der Waals surface area (Å²) in [5, 5.41) is 0. The van der Waals surface area contributed by atoms with Gasteiger partial charge in [-0.25, -0.2) is 4.98 Å². The van der Waals surface area contributed by atoms with Gasteiger partial charge in [-0.3, -0.25) is 0 Å². The molecule has 0 radical (unpaired) electrons. The van der Waals surface area contributed by atoms with Gasteiger partial charge in [0.25, 0.3) is 0 Å². The molecule has 0 spiro atoms. The molecule has 0 aromatic carbocycles. The van der Waals surface area contributed by atoms with Crippen LogP contribution < -0.4 is 10.6 Å². The Morgan fingerprint density at radius 3 is 3.00 bits per heavy atom. The second-order valence-corrected chi connectivity index (χ2v) is 3.21. The Hall–Kier alpha value is -2.04. The number of nitrogen functional groups attached to an aromatic ring is 1. The molecule has 15 heavy (non-hydrogen) atoms. The Morgan fingerprint density at radius 1 is 1.47 bits per heavy atom. The number of rotatable bonds is 3. The Morgan fingerprint density at radius 2 is 2.33 bits per heavy atom. The van der Waals surface area contributed by atoms with Gasteiger partial charge in [0.15, 0.2) is 0 Å². The summed E-state index contributed by atoms with van der Waals surface area (Å²) in [6.45, 7) is 0.656. The molecule has 2 heterocycles. The Bertz CT molecular complexity index is 427. The fraction of sp³-hybridized carbons (Fsp3) is 0.200. The zero-order valence-corrected chi connectivity index (χ0v) is 8.42. The maximum absolute atomic E-state index is 5.50. The van der Waals surface area contributed by atoms with E-state index in [1.807, 2.05) is 24.1 Å². The molecule has 5 heteroatoms. The van der Waals surface area contributed by atoms with Crippen molar-refractivity contribution in [1.82, 2.24) is 9.97 Å². The molecule has 0 unspecified atom stereocenters. The van der Waals surface area contributed by atoms with Crippen molar-refractivity contribution in [2.24, 2.45) is 0 Å². The van der Waals surface area contributed by atoms with Crippen molar-refractivity contribution < 1.29 is 4.42 Å². The van der Waals surface area contributed by atoms with E-state index in [-0.39, 0.29) is 5.95 Å². The summed E-state index contributed by atoms with van der Waals surface area (Å²) in [6, 6.07) is 5.58. The van der Waals surface area contributed by atoms with Crippen LogP contribution in [0.5, 0.6) is 0 Å². The molecule has 0 fully saturated rings. The lowest BCUT2D eigenvalue weighted by atomic mass is 10.4. The van der Waals surface area contributed by atoms with Crippen LogP contribution in [0.3, 0.4) is 0 Å². The molecular formula is C10H12N4O. The second kappa shape index (κ2) is 4.00. The van der Waals surface area contributed by atoms with E-state index in [0.29, 0.717) is 6.54 Å². The molecule has 0 aliphatic heterocycles. The van der Waals surface area contributed by atoms with Crippen LogP contribution >= 0.6 is 0 Å². The Labute approximate surface area is 87.6 Å². The Kier molecular flexibility index (Phi) is 2.53. The molecule has 5 nitrogen and oxygen atoms in total. The van der Waals surface area contributed by atoms with Crippen LogP contribution in [0.2, 0.25) is 0 Å². The summed E-state index contributed by atoms with van der Waals surface area (Å²) in [5.74, 6) is 1.94. The highest BCUT2D eigenvalue weighted by Crippen LogP contribution is 2.12. The number of nitrogens with zero attached hydrogens (tertiary/aromatic N) is 3. The molecule has 0 saturated heterocycles. The zero-order valence-electron chi connectivity index (χ0n) is 8.42. The van der Waals surface area contributed by atoms with E-state index in [0.717, 1.165) is 11.6 Å². The van der Waals surface area contributed by atoms with Crippen LogP contribution in [0, 0.1) is 0 Å². The molecule has 0 saturated carbocycles. The number of furan rings is 1. The molecule has 0 bridgehead atoms. The molecule has 0 aliphatic rings. The van der Waals surface area contributed by atoms with E-state index in [4.69, 9.17) is 10.2 Å². The lowest BCUT2D eigenvalue weighted by Crippen LogP contribution is -2.17. The maximum atomic E-state index is 5.50. The third kappa shape index (κ3) is 2.25. The first-order valence-electron chi connectivity index (χ1n) is 4.58. The fourth-order valence-electron chi connectivity index (χ4n) is 1.29. The normalized spacial score (nSPS) is 10.2. The van der Waals surface area contributed by atoms with E-state index in [1.165, 1.54) is 0 Å². The molecule has 0 atom stereocenters. The molecule has 2 rings (SSSR count). The Balaban J connectivity index is 2.11. The van der Waals surface area contributed by atoms with Gasteiger partial charge in [-0.05, 0) is 18.2 Å². The first-order valence-corrected chi connectivity index (χ1v) is 4.58. The highest BCUT2D eigenvalue weighted by molar-refractivity contribution is 5.40. The predicted molar refractivity (Wildman–Crippen MR) is 57.3 cm³/mol. The SMILES string of the molecule is CN(Cc1ccco1)c1ccnc(N)n1. The second-order valence-electron chi connectivity index (χ2n) is 3.21. The first kappa shape index (κ1) is 9.51. The number of hydrogen-bond donors (Lipinski definition) is 1. The van der Waals surface area contributed by atoms with E-state index in [2.05, 4.69) is 9.97 Å². The van der Waals surface area contributed by atoms with Crippen molar-refractivity contribution >= 4 is 11.8 Å². The first-order chi connectivity index (χ1) is 7.25.